The van der Waals surface area contributed by atoms with Gasteiger partial charge in [-0.25, -0.2) is 9.18 Å². The number of hydrogen-bond donors (Lipinski definition) is 1. The molecule has 1 heterocycles. The number of rotatable bonds is 3. The molecule has 1 aliphatic heterocycles. The van der Waals surface area contributed by atoms with Gasteiger partial charge in [0.15, 0.2) is 0 Å². The highest BCUT2D eigenvalue weighted by molar-refractivity contribution is 7.87. The molecule has 2 rings (SSSR count). The first-order valence-corrected chi connectivity index (χ1v) is 6.91. The van der Waals surface area contributed by atoms with Crippen LogP contribution in [0.25, 0.3) is 0 Å². The molecule has 9 heteroatoms. The Morgan fingerprint density at radius 2 is 2.00 bits per heavy atom. The van der Waals surface area contributed by atoms with E-state index in [9.17, 15) is 26.3 Å². The van der Waals surface area contributed by atoms with Crippen LogP contribution < -0.4 is 4.90 Å². The lowest BCUT2D eigenvalue weighted by Gasteiger charge is -2.16. The fourth-order valence-corrected chi connectivity index (χ4v) is 2.64. The van der Waals surface area contributed by atoms with Gasteiger partial charge in [-0.1, -0.05) is 0 Å². The summed E-state index contributed by atoms with van der Waals surface area (Å²) in [4.78, 5) is 23.3. The van der Waals surface area contributed by atoms with Gasteiger partial charge in [0.25, 0.3) is 0 Å². The number of carbonyl (C=O) groups excluding carboxylic acids is 1. The van der Waals surface area contributed by atoms with Gasteiger partial charge in [0.05, 0.1) is 5.56 Å². The smallest absolute Gasteiger partial charge is 0.335 e. The minimum absolute atomic E-state index is 0.112. The molecule has 0 aliphatic carbocycles. The summed E-state index contributed by atoms with van der Waals surface area (Å²) in [7, 11) is -4.89. The average molecular weight is 305 g/mol. The molecular weight excluding hydrogens is 296 g/mol. The molecule has 20 heavy (non-hydrogen) atoms. The second-order valence-corrected chi connectivity index (χ2v) is 5.93. The monoisotopic (exact) mass is 305 g/mol. The third-order valence-electron chi connectivity index (χ3n) is 2.93. The lowest BCUT2D eigenvalue weighted by Crippen LogP contribution is -2.27. The molecular formula is C11H9F2NO5S. The first kappa shape index (κ1) is 14.4. The molecule has 0 aromatic heterocycles. The summed E-state index contributed by atoms with van der Waals surface area (Å²) in [5.74, 6) is -3.00. The van der Waals surface area contributed by atoms with Crippen molar-refractivity contribution in [3.05, 3.63) is 29.6 Å². The van der Waals surface area contributed by atoms with E-state index in [1.54, 1.807) is 0 Å². The van der Waals surface area contributed by atoms with Gasteiger partial charge < -0.3 is 10.0 Å². The Bertz CT molecular complexity index is 688. The summed E-state index contributed by atoms with van der Waals surface area (Å²) >= 11 is 0. The highest BCUT2D eigenvalue weighted by atomic mass is 32.3. The lowest BCUT2D eigenvalue weighted by molar-refractivity contribution is -0.117. The van der Waals surface area contributed by atoms with Crippen LogP contribution in [-0.2, 0) is 15.0 Å². The van der Waals surface area contributed by atoms with E-state index in [4.69, 9.17) is 5.11 Å². The quantitative estimate of drug-likeness (QED) is 0.839. The molecule has 1 unspecified atom stereocenters. The summed E-state index contributed by atoms with van der Waals surface area (Å²) in [5.41, 5.74) is -0.502. The maximum Gasteiger partial charge on any atom is 0.335 e. The van der Waals surface area contributed by atoms with Crippen LogP contribution in [0, 0.1) is 5.82 Å². The van der Waals surface area contributed by atoms with Gasteiger partial charge in [-0.3, -0.25) is 4.79 Å². The van der Waals surface area contributed by atoms with Gasteiger partial charge in [0.2, 0.25) is 5.91 Å². The van der Waals surface area contributed by atoms with E-state index in [2.05, 4.69) is 0 Å². The second kappa shape index (κ2) is 4.82. The molecule has 0 spiro atoms. The standard InChI is InChI=1S/C11H9F2NO5S/c12-7-1-6(11(16)17)2-8(3-7)14-5-9(4-10(14)15)20(13,18)19/h1-3,9H,4-5H2,(H,16,17). The van der Waals surface area contributed by atoms with E-state index in [0.717, 1.165) is 23.1 Å². The van der Waals surface area contributed by atoms with Crippen molar-refractivity contribution in [2.75, 3.05) is 11.4 Å². The number of hydrogen-bond acceptors (Lipinski definition) is 4. The number of carboxylic acids is 1. The predicted octanol–water partition coefficient (Wildman–Crippen LogP) is 0.929. The van der Waals surface area contributed by atoms with E-state index in [0.29, 0.717) is 0 Å². The number of benzene rings is 1. The molecule has 1 saturated heterocycles. The Kier molecular flexibility index (Phi) is 3.46. The fraction of sp³-hybridized carbons (Fsp3) is 0.273. The van der Waals surface area contributed by atoms with E-state index in [1.165, 1.54) is 0 Å². The third kappa shape index (κ3) is 2.77. The Balaban J connectivity index is 2.38. The zero-order valence-electron chi connectivity index (χ0n) is 9.92. The topological polar surface area (TPSA) is 91.8 Å². The summed E-state index contributed by atoms with van der Waals surface area (Å²) in [5, 5.41) is 7.28. The summed E-state index contributed by atoms with van der Waals surface area (Å²) in [6.45, 7) is -0.472. The molecule has 1 aromatic carbocycles. The van der Waals surface area contributed by atoms with E-state index in [1.807, 2.05) is 0 Å². The molecule has 1 aromatic rings. The van der Waals surface area contributed by atoms with Crippen molar-refractivity contribution in [2.45, 2.75) is 11.7 Å². The number of anilines is 1. The number of aromatic carboxylic acids is 1. The molecule has 108 valence electrons. The van der Waals surface area contributed by atoms with E-state index < -0.39 is 46.1 Å². The molecule has 0 saturated carbocycles. The molecule has 1 fully saturated rings. The normalized spacial score (nSPS) is 19.4. The van der Waals surface area contributed by atoms with Crippen molar-refractivity contribution in [3.63, 3.8) is 0 Å². The van der Waals surface area contributed by atoms with Gasteiger partial charge >= 0.3 is 16.2 Å². The number of carbonyl (C=O) groups is 2. The summed E-state index contributed by atoms with van der Waals surface area (Å²) < 4.78 is 47.7. The Labute approximate surface area is 112 Å². The zero-order chi connectivity index (χ0) is 15.1. The zero-order valence-corrected chi connectivity index (χ0v) is 10.7. The molecule has 1 amide bonds. The van der Waals surface area contributed by atoms with Crippen molar-refractivity contribution in [2.24, 2.45) is 0 Å². The van der Waals surface area contributed by atoms with Gasteiger partial charge in [-0.2, -0.15) is 8.42 Å². The summed E-state index contributed by atoms with van der Waals surface area (Å²) in [6, 6.07) is 2.67. The fourth-order valence-electron chi connectivity index (χ4n) is 1.97. The van der Waals surface area contributed by atoms with Crippen LogP contribution in [0.15, 0.2) is 18.2 Å². The third-order valence-corrected chi connectivity index (χ3v) is 4.04. The van der Waals surface area contributed by atoms with Crippen LogP contribution in [-0.4, -0.2) is 37.2 Å². The minimum Gasteiger partial charge on any atom is -0.478 e. The first-order valence-electron chi connectivity index (χ1n) is 5.46. The van der Waals surface area contributed by atoms with Crippen molar-refractivity contribution in [1.82, 2.24) is 0 Å². The molecule has 0 bridgehead atoms. The van der Waals surface area contributed by atoms with Gasteiger partial charge in [-0.05, 0) is 18.2 Å². The second-order valence-electron chi connectivity index (χ2n) is 4.31. The van der Waals surface area contributed by atoms with E-state index >= 15 is 0 Å². The maximum atomic E-state index is 13.3. The SMILES string of the molecule is O=C(O)c1cc(F)cc(N2CC(S(=O)(=O)F)CC2=O)c1. The molecule has 1 aliphatic rings. The van der Waals surface area contributed by atoms with Gasteiger partial charge in [-0.15, -0.1) is 3.89 Å². The van der Waals surface area contributed by atoms with Crippen LogP contribution in [0.5, 0.6) is 0 Å². The molecule has 1 atom stereocenters. The lowest BCUT2D eigenvalue weighted by atomic mass is 10.2. The van der Waals surface area contributed by atoms with Crippen LogP contribution in [0.4, 0.5) is 14.0 Å². The van der Waals surface area contributed by atoms with Crippen LogP contribution >= 0.6 is 0 Å². The largest absolute Gasteiger partial charge is 0.478 e. The highest BCUT2D eigenvalue weighted by Gasteiger charge is 2.39. The number of amides is 1. The maximum absolute atomic E-state index is 13.3. The predicted molar refractivity (Wildman–Crippen MR) is 64.1 cm³/mol. The Morgan fingerprint density at radius 3 is 2.50 bits per heavy atom. The van der Waals surface area contributed by atoms with Gasteiger partial charge in [0, 0.05) is 18.7 Å². The molecule has 6 nitrogen and oxygen atoms in total. The minimum atomic E-state index is -4.89. The van der Waals surface area contributed by atoms with Crippen molar-refractivity contribution >= 4 is 27.8 Å². The number of halogens is 2. The van der Waals surface area contributed by atoms with Gasteiger partial charge in [0.1, 0.15) is 11.1 Å². The van der Waals surface area contributed by atoms with Crippen molar-refractivity contribution in [1.29, 1.82) is 0 Å². The Morgan fingerprint density at radius 1 is 1.35 bits per heavy atom. The number of carboxylic acid groups (broad SMARTS) is 1. The molecule has 1 N–H and O–H groups in total. The first-order chi connectivity index (χ1) is 9.18. The van der Waals surface area contributed by atoms with Crippen LogP contribution in [0.3, 0.4) is 0 Å². The van der Waals surface area contributed by atoms with Crippen LogP contribution in [0.1, 0.15) is 16.8 Å². The molecule has 0 radical (unpaired) electrons. The van der Waals surface area contributed by atoms with Crippen molar-refractivity contribution < 1.29 is 31.4 Å². The highest BCUT2D eigenvalue weighted by Crippen LogP contribution is 2.27. The van der Waals surface area contributed by atoms with E-state index in [-0.39, 0.29) is 11.3 Å². The Hall–Kier alpha value is -2.03. The number of nitrogens with zero attached hydrogens (tertiary/aromatic N) is 1. The summed E-state index contributed by atoms with van der Waals surface area (Å²) in [6.07, 6.45) is -0.558. The van der Waals surface area contributed by atoms with Crippen molar-refractivity contribution in [3.8, 4) is 0 Å². The average Bonchev–Trinajstić information content (AvgIpc) is 2.70. The van der Waals surface area contributed by atoms with Crippen LogP contribution in [0.2, 0.25) is 0 Å².